The van der Waals surface area contributed by atoms with Crippen molar-refractivity contribution in [2.45, 2.75) is 45.5 Å². The highest BCUT2D eigenvalue weighted by Crippen LogP contribution is 2.41. The summed E-state index contributed by atoms with van der Waals surface area (Å²) < 4.78 is 42.3. The second kappa shape index (κ2) is 10.5. The second-order valence-corrected chi connectivity index (χ2v) is 11.3. The quantitative estimate of drug-likeness (QED) is 0.453. The summed E-state index contributed by atoms with van der Waals surface area (Å²) in [5.74, 6) is -1.18. The van der Waals surface area contributed by atoms with Gasteiger partial charge in [0.05, 0.1) is 29.9 Å². The van der Waals surface area contributed by atoms with Gasteiger partial charge in [0.25, 0.3) is 0 Å². The molecule has 40 heavy (non-hydrogen) atoms. The minimum atomic E-state index is -4.46. The number of amides is 3. The molecule has 0 saturated carbocycles. The summed E-state index contributed by atoms with van der Waals surface area (Å²) in [5, 5.41) is 5.98. The molecule has 3 heterocycles. The van der Waals surface area contributed by atoms with Gasteiger partial charge in [0.1, 0.15) is 5.65 Å². The van der Waals surface area contributed by atoms with E-state index < -0.39 is 23.2 Å². The first kappa shape index (κ1) is 27.5. The van der Waals surface area contributed by atoms with E-state index >= 15 is 0 Å². The van der Waals surface area contributed by atoms with Crippen molar-refractivity contribution in [3.8, 4) is 0 Å². The minimum Gasteiger partial charge on any atom is -0.350 e. The lowest BCUT2D eigenvalue weighted by atomic mass is 9.73. The number of carbonyl (C=O) groups excluding carboxylic acids is 2. The van der Waals surface area contributed by atoms with Crippen LogP contribution in [0.4, 0.5) is 18.0 Å². The number of likely N-dealkylation sites (tertiary alicyclic amines) is 1. The van der Waals surface area contributed by atoms with Crippen LogP contribution < -0.4 is 10.6 Å². The number of halogens is 3. The summed E-state index contributed by atoms with van der Waals surface area (Å²) in [7, 11) is 0. The third kappa shape index (κ3) is 5.76. The van der Waals surface area contributed by atoms with Crippen molar-refractivity contribution < 1.29 is 22.8 Å². The average molecular weight is 552 g/mol. The van der Waals surface area contributed by atoms with Gasteiger partial charge in [-0.2, -0.15) is 13.2 Å². The summed E-state index contributed by atoms with van der Waals surface area (Å²) >= 11 is 0. The van der Waals surface area contributed by atoms with Gasteiger partial charge in [0.2, 0.25) is 5.91 Å². The van der Waals surface area contributed by atoms with E-state index in [4.69, 9.17) is 0 Å². The average Bonchev–Trinajstić information content (AvgIpc) is 3.32. The first-order valence-electron chi connectivity index (χ1n) is 13.3. The Hall–Kier alpha value is -4.08. The lowest BCUT2D eigenvalue weighted by Crippen LogP contribution is -2.53. The number of nitrogens with zero attached hydrogens (tertiary/aromatic N) is 3. The number of imidazole rings is 1. The molecule has 1 fully saturated rings. The maximum atomic E-state index is 13.5. The van der Waals surface area contributed by atoms with E-state index in [-0.39, 0.29) is 30.9 Å². The zero-order chi connectivity index (χ0) is 28.7. The fourth-order valence-corrected chi connectivity index (χ4v) is 5.40. The van der Waals surface area contributed by atoms with Gasteiger partial charge in [-0.05, 0) is 62.6 Å². The Kier molecular flexibility index (Phi) is 7.20. The van der Waals surface area contributed by atoms with Gasteiger partial charge in [0.15, 0.2) is 0 Å². The number of urea groups is 1. The van der Waals surface area contributed by atoms with Crippen molar-refractivity contribution in [3.05, 3.63) is 89.4 Å². The number of benzene rings is 1. The molecule has 3 amide bonds. The van der Waals surface area contributed by atoms with Gasteiger partial charge in [-0.1, -0.05) is 35.9 Å². The smallest absolute Gasteiger partial charge is 0.350 e. The molecule has 2 aliphatic rings. The Morgan fingerprint density at radius 1 is 1.10 bits per heavy atom. The SMILES string of the molecule is CC(C)(C)NC(=O)N1CCC2=C(c3cccc(C(F)(F)F)c3)C=CC(C(=O)NCc3cnc4ccccn34)C2C1. The molecule has 2 atom stereocenters. The molecule has 210 valence electrons. The number of allylic oxidation sites excluding steroid dienone is 2. The summed E-state index contributed by atoms with van der Waals surface area (Å²) in [5.41, 5.74) is 2.44. The van der Waals surface area contributed by atoms with Crippen LogP contribution in [0, 0.1) is 11.8 Å². The van der Waals surface area contributed by atoms with Gasteiger partial charge in [-0.15, -0.1) is 0 Å². The third-order valence-corrected chi connectivity index (χ3v) is 7.28. The van der Waals surface area contributed by atoms with Gasteiger partial charge in [-0.3, -0.25) is 4.79 Å². The van der Waals surface area contributed by atoms with Crippen LogP contribution in [0.25, 0.3) is 11.2 Å². The third-order valence-electron chi connectivity index (χ3n) is 7.28. The number of rotatable bonds is 4. The molecule has 2 aromatic heterocycles. The van der Waals surface area contributed by atoms with E-state index in [1.165, 1.54) is 6.07 Å². The topological polar surface area (TPSA) is 78.7 Å². The Morgan fingerprint density at radius 3 is 2.65 bits per heavy atom. The number of fused-ring (bicyclic) bond motifs is 2. The lowest BCUT2D eigenvalue weighted by molar-refractivity contribution is -0.137. The zero-order valence-electron chi connectivity index (χ0n) is 22.6. The lowest BCUT2D eigenvalue weighted by Gasteiger charge is -2.41. The van der Waals surface area contributed by atoms with Crippen molar-refractivity contribution in [2.75, 3.05) is 13.1 Å². The van der Waals surface area contributed by atoms with Crippen LogP contribution in [0.5, 0.6) is 0 Å². The molecular formula is C30H32F3N5O2. The van der Waals surface area contributed by atoms with E-state index in [1.54, 1.807) is 29.3 Å². The Morgan fingerprint density at radius 2 is 1.90 bits per heavy atom. The predicted octanol–water partition coefficient (Wildman–Crippen LogP) is 5.44. The van der Waals surface area contributed by atoms with E-state index in [2.05, 4.69) is 15.6 Å². The highest BCUT2D eigenvalue weighted by Gasteiger charge is 2.39. The van der Waals surface area contributed by atoms with Crippen LogP contribution in [-0.2, 0) is 17.5 Å². The standard InChI is InChI=1S/C30H32F3N5O2/c1-29(2,3)36-28(40)37-14-12-23-22(19-7-6-8-20(15-19)30(31,32)33)10-11-24(25(23)18-37)27(39)35-17-21-16-34-26-9-4-5-13-38(21)26/h4-11,13,15-16,24-25H,12,14,17-18H2,1-3H3,(H,35,39)(H,36,40). The Bertz CT molecular complexity index is 1500. The number of hydrogen-bond donors (Lipinski definition) is 2. The van der Waals surface area contributed by atoms with Crippen LogP contribution in [0.3, 0.4) is 0 Å². The number of hydrogen-bond acceptors (Lipinski definition) is 3. The van der Waals surface area contributed by atoms with Gasteiger partial charge >= 0.3 is 12.2 Å². The van der Waals surface area contributed by atoms with Crippen molar-refractivity contribution >= 4 is 23.2 Å². The van der Waals surface area contributed by atoms with Crippen LogP contribution in [0.2, 0.25) is 0 Å². The van der Waals surface area contributed by atoms with Crippen molar-refractivity contribution in [2.24, 2.45) is 11.8 Å². The van der Waals surface area contributed by atoms with Crippen molar-refractivity contribution in [1.29, 1.82) is 0 Å². The molecule has 1 saturated heterocycles. The minimum absolute atomic E-state index is 0.217. The molecule has 0 bridgehead atoms. The molecule has 7 nitrogen and oxygen atoms in total. The number of alkyl halides is 3. The van der Waals surface area contributed by atoms with Gasteiger partial charge < -0.3 is 19.9 Å². The van der Waals surface area contributed by atoms with E-state index in [1.807, 2.05) is 49.6 Å². The number of nitrogens with one attached hydrogen (secondary N) is 2. The molecule has 0 spiro atoms. The second-order valence-electron chi connectivity index (χ2n) is 11.3. The van der Waals surface area contributed by atoms with Crippen LogP contribution in [0.15, 0.2) is 72.6 Å². The summed E-state index contributed by atoms with van der Waals surface area (Å²) in [6.45, 7) is 6.62. The largest absolute Gasteiger partial charge is 0.416 e. The molecule has 1 aromatic carbocycles. The Balaban J connectivity index is 1.43. The molecule has 0 radical (unpaired) electrons. The normalized spacial score (nSPS) is 19.5. The van der Waals surface area contributed by atoms with E-state index in [9.17, 15) is 22.8 Å². The molecule has 5 rings (SSSR count). The van der Waals surface area contributed by atoms with Crippen LogP contribution in [0.1, 0.15) is 44.0 Å². The molecule has 10 heteroatoms. The zero-order valence-corrected chi connectivity index (χ0v) is 22.6. The van der Waals surface area contributed by atoms with Crippen molar-refractivity contribution in [1.82, 2.24) is 24.9 Å². The summed E-state index contributed by atoms with van der Waals surface area (Å²) in [4.78, 5) is 32.6. The van der Waals surface area contributed by atoms with Crippen molar-refractivity contribution in [3.63, 3.8) is 0 Å². The monoisotopic (exact) mass is 551 g/mol. The van der Waals surface area contributed by atoms with Crippen LogP contribution >= 0.6 is 0 Å². The van der Waals surface area contributed by atoms with E-state index in [0.29, 0.717) is 24.1 Å². The fraction of sp³-hybridized carbons (Fsp3) is 0.367. The highest BCUT2D eigenvalue weighted by molar-refractivity contribution is 5.87. The molecular weight excluding hydrogens is 519 g/mol. The summed E-state index contributed by atoms with van der Waals surface area (Å²) in [6, 6.07) is 10.7. The van der Waals surface area contributed by atoms with Gasteiger partial charge in [0, 0.05) is 30.7 Å². The maximum Gasteiger partial charge on any atom is 0.416 e. The number of aromatic nitrogens is 2. The molecule has 3 aromatic rings. The van der Waals surface area contributed by atoms with E-state index in [0.717, 1.165) is 29.0 Å². The first-order chi connectivity index (χ1) is 18.9. The van der Waals surface area contributed by atoms with Gasteiger partial charge in [-0.25, -0.2) is 9.78 Å². The number of piperidine rings is 1. The maximum absolute atomic E-state index is 13.5. The van der Waals surface area contributed by atoms with Crippen LogP contribution in [-0.4, -0.2) is 44.9 Å². The Labute approximate surface area is 230 Å². The molecule has 2 unspecified atom stereocenters. The highest BCUT2D eigenvalue weighted by atomic mass is 19.4. The first-order valence-corrected chi connectivity index (χ1v) is 13.3. The number of carbonyl (C=O) groups is 2. The molecule has 1 aliphatic heterocycles. The predicted molar refractivity (Wildman–Crippen MR) is 146 cm³/mol. The number of pyridine rings is 1. The molecule has 1 aliphatic carbocycles. The molecule has 2 N–H and O–H groups in total. The fourth-order valence-electron chi connectivity index (χ4n) is 5.40. The summed E-state index contributed by atoms with van der Waals surface area (Å²) in [6.07, 6.45) is 3.08.